The third kappa shape index (κ3) is 2.35. The van der Waals surface area contributed by atoms with Gasteiger partial charge in [0, 0.05) is 17.8 Å². The van der Waals surface area contributed by atoms with E-state index in [4.69, 9.17) is 23.8 Å². The van der Waals surface area contributed by atoms with Crippen molar-refractivity contribution >= 4 is 28.9 Å². The summed E-state index contributed by atoms with van der Waals surface area (Å²) in [5, 5.41) is 3.37. The quantitative estimate of drug-likeness (QED) is 0.835. The first-order chi connectivity index (χ1) is 9.60. The van der Waals surface area contributed by atoms with Gasteiger partial charge in [-0.2, -0.15) is 0 Å². The smallest absolute Gasteiger partial charge is 0.245 e. The molecule has 3 N–H and O–H groups in total. The molecule has 0 aromatic heterocycles. The number of nitrogens with two attached hydrogens (primary N) is 1. The van der Waals surface area contributed by atoms with Crippen LogP contribution in [-0.4, -0.2) is 19.0 Å². The summed E-state index contributed by atoms with van der Waals surface area (Å²) in [4.78, 5) is 13.7. The fourth-order valence-electron chi connectivity index (χ4n) is 2.51. The molecule has 1 fully saturated rings. The van der Waals surface area contributed by atoms with E-state index in [1.54, 1.807) is 6.07 Å². The van der Waals surface area contributed by atoms with Crippen LogP contribution in [0.3, 0.4) is 0 Å². The molecule has 2 aliphatic rings. The predicted molar refractivity (Wildman–Crippen MR) is 80.8 cm³/mol. The normalized spacial score (nSPS) is 20.2. The van der Waals surface area contributed by atoms with Gasteiger partial charge in [0.05, 0.1) is 17.3 Å². The lowest BCUT2D eigenvalue weighted by molar-refractivity contribution is -0.116. The summed E-state index contributed by atoms with van der Waals surface area (Å²) >= 11 is 6.35. The number of nitrogens with zero attached hydrogens (tertiary/aromatic N) is 1. The van der Waals surface area contributed by atoms with Crippen molar-refractivity contribution in [2.45, 2.75) is 18.9 Å². The average molecular weight is 290 g/mol. The van der Waals surface area contributed by atoms with Gasteiger partial charge in [-0.1, -0.05) is 17.5 Å². The molecule has 4 nitrogen and oxygen atoms in total. The highest BCUT2D eigenvalue weighted by atomic mass is 35.5. The lowest BCUT2D eigenvalue weighted by Crippen LogP contribution is -2.26. The van der Waals surface area contributed by atoms with Crippen LogP contribution in [0.25, 0.3) is 0 Å². The van der Waals surface area contributed by atoms with Gasteiger partial charge in [-0.15, -0.1) is 6.42 Å². The Labute approximate surface area is 123 Å². The number of carbonyl (C=O) groups is 1. The second kappa shape index (κ2) is 5.01. The van der Waals surface area contributed by atoms with Gasteiger partial charge in [0.15, 0.2) is 0 Å². The van der Waals surface area contributed by atoms with Gasteiger partial charge >= 0.3 is 0 Å². The summed E-state index contributed by atoms with van der Waals surface area (Å²) in [7, 11) is 0. The number of amides is 1. The first-order valence-electron chi connectivity index (χ1n) is 6.68. The molecule has 0 radical (unpaired) electrons. The van der Waals surface area contributed by atoms with E-state index in [2.05, 4.69) is 16.1 Å². The minimum atomic E-state index is -0.638. The number of nitrogens with one attached hydrogen (secondary N) is 1. The maximum atomic E-state index is 11.6. The number of anilines is 2. The van der Waals surface area contributed by atoms with Gasteiger partial charge in [0.1, 0.15) is 6.04 Å². The summed E-state index contributed by atoms with van der Waals surface area (Å²) in [5.41, 5.74) is 8.17. The van der Waals surface area contributed by atoms with Crippen LogP contribution < -0.4 is 16.0 Å². The van der Waals surface area contributed by atoms with E-state index in [1.165, 1.54) is 12.8 Å². The maximum absolute atomic E-state index is 11.6. The van der Waals surface area contributed by atoms with Crippen molar-refractivity contribution in [3.63, 3.8) is 0 Å². The standard InChI is InChI=1S/C15H16ClN3O/c1-2-5-19(8-9-3-4-9)13-7-12-10(6-11(13)16)14(17)15(20)18-12/h1,6-7,9,14H,3-5,8,17H2,(H,18,20). The number of hydrogen-bond acceptors (Lipinski definition) is 3. The van der Waals surface area contributed by atoms with E-state index in [9.17, 15) is 4.79 Å². The predicted octanol–water partition coefficient (Wildman–Crippen LogP) is 2.14. The summed E-state index contributed by atoms with van der Waals surface area (Å²) in [6.07, 6.45) is 7.93. The third-order valence-corrected chi connectivity index (χ3v) is 4.10. The zero-order valence-electron chi connectivity index (χ0n) is 11.0. The molecule has 1 aliphatic heterocycles. The Morgan fingerprint density at radius 1 is 1.50 bits per heavy atom. The lowest BCUT2D eigenvalue weighted by Gasteiger charge is -2.24. The zero-order valence-corrected chi connectivity index (χ0v) is 11.8. The molecule has 1 heterocycles. The van der Waals surface area contributed by atoms with Crippen molar-refractivity contribution in [3.05, 3.63) is 22.7 Å². The maximum Gasteiger partial charge on any atom is 0.245 e. The van der Waals surface area contributed by atoms with E-state index in [0.29, 0.717) is 17.5 Å². The number of terminal acetylenes is 1. The van der Waals surface area contributed by atoms with Gasteiger partial charge in [-0.05, 0) is 30.9 Å². The SMILES string of the molecule is C#CCN(CC1CC1)c1cc2c(cc1Cl)C(N)C(=O)N2. The summed E-state index contributed by atoms with van der Waals surface area (Å²) in [6, 6.07) is 3.01. The van der Waals surface area contributed by atoms with Crippen molar-refractivity contribution in [1.29, 1.82) is 0 Å². The fourth-order valence-corrected chi connectivity index (χ4v) is 2.80. The van der Waals surface area contributed by atoms with E-state index in [0.717, 1.165) is 23.5 Å². The molecule has 104 valence electrons. The molecular formula is C15H16ClN3O. The molecule has 0 spiro atoms. The second-order valence-corrected chi connectivity index (χ2v) is 5.79. The van der Waals surface area contributed by atoms with Crippen LogP contribution in [0.5, 0.6) is 0 Å². The number of fused-ring (bicyclic) bond motifs is 1. The molecule has 0 bridgehead atoms. The molecule has 20 heavy (non-hydrogen) atoms. The largest absolute Gasteiger partial charge is 0.359 e. The number of benzene rings is 1. The van der Waals surface area contributed by atoms with Crippen LogP contribution >= 0.6 is 11.6 Å². The minimum absolute atomic E-state index is 0.195. The molecule has 5 heteroatoms. The summed E-state index contributed by atoms with van der Waals surface area (Å²) in [5.74, 6) is 3.17. The Kier molecular flexibility index (Phi) is 3.33. The first kappa shape index (κ1) is 13.3. The molecule has 1 aromatic carbocycles. The van der Waals surface area contributed by atoms with Crippen molar-refractivity contribution in [2.24, 2.45) is 11.7 Å². The fraction of sp³-hybridized carbons (Fsp3) is 0.400. The molecular weight excluding hydrogens is 274 g/mol. The minimum Gasteiger partial charge on any atom is -0.359 e. The van der Waals surface area contributed by atoms with E-state index in [1.807, 2.05) is 6.07 Å². The van der Waals surface area contributed by atoms with Crippen molar-refractivity contribution in [2.75, 3.05) is 23.3 Å². The van der Waals surface area contributed by atoms with Gasteiger partial charge in [-0.25, -0.2) is 0 Å². The molecule has 1 atom stereocenters. The third-order valence-electron chi connectivity index (χ3n) is 3.79. The average Bonchev–Trinajstić information content (AvgIpc) is 3.18. The molecule has 1 unspecified atom stereocenters. The molecule has 0 saturated heterocycles. The monoisotopic (exact) mass is 289 g/mol. The van der Waals surface area contributed by atoms with Crippen molar-refractivity contribution < 1.29 is 4.79 Å². The Hall–Kier alpha value is -1.70. The highest BCUT2D eigenvalue weighted by Crippen LogP contribution is 2.39. The van der Waals surface area contributed by atoms with Gasteiger partial charge in [-0.3, -0.25) is 4.79 Å². The highest BCUT2D eigenvalue weighted by molar-refractivity contribution is 6.33. The second-order valence-electron chi connectivity index (χ2n) is 5.39. The number of hydrogen-bond donors (Lipinski definition) is 2. The number of rotatable bonds is 4. The van der Waals surface area contributed by atoms with Gasteiger partial charge in [0.2, 0.25) is 5.91 Å². The van der Waals surface area contributed by atoms with Crippen LogP contribution in [0.4, 0.5) is 11.4 Å². The van der Waals surface area contributed by atoms with Crippen molar-refractivity contribution in [1.82, 2.24) is 0 Å². The number of carbonyl (C=O) groups excluding carboxylic acids is 1. The lowest BCUT2D eigenvalue weighted by atomic mass is 10.1. The summed E-state index contributed by atoms with van der Waals surface area (Å²) < 4.78 is 0. The van der Waals surface area contributed by atoms with Crippen LogP contribution in [0.2, 0.25) is 5.02 Å². The highest BCUT2D eigenvalue weighted by Gasteiger charge is 2.30. The molecule has 3 rings (SSSR count). The Morgan fingerprint density at radius 2 is 2.25 bits per heavy atom. The van der Waals surface area contributed by atoms with Crippen molar-refractivity contribution in [3.8, 4) is 12.3 Å². The first-order valence-corrected chi connectivity index (χ1v) is 7.06. The molecule has 1 amide bonds. The van der Waals surface area contributed by atoms with Gasteiger partial charge in [0.25, 0.3) is 0 Å². The topological polar surface area (TPSA) is 58.4 Å². The van der Waals surface area contributed by atoms with E-state index < -0.39 is 6.04 Å². The van der Waals surface area contributed by atoms with E-state index >= 15 is 0 Å². The Bertz CT molecular complexity index is 604. The number of halogens is 1. The van der Waals surface area contributed by atoms with Crippen LogP contribution in [-0.2, 0) is 4.79 Å². The van der Waals surface area contributed by atoms with Crippen LogP contribution in [0, 0.1) is 18.3 Å². The molecule has 1 saturated carbocycles. The zero-order chi connectivity index (χ0) is 14.3. The Balaban J connectivity index is 1.94. The van der Waals surface area contributed by atoms with Crippen LogP contribution in [0.1, 0.15) is 24.4 Å². The molecule has 1 aromatic rings. The Morgan fingerprint density at radius 3 is 2.90 bits per heavy atom. The summed E-state index contributed by atoms with van der Waals surface area (Å²) in [6.45, 7) is 1.41. The van der Waals surface area contributed by atoms with E-state index in [-0.39, 0.29) is 5.91 Å². The van der Waals surface area contributed by atoms with Crippen LogP contribution in [0.15, 0.2) is 12.1 Å². The molecule has 1 aliphatic carbocycles. The van der Waals surface area contributed by atoms with Gasteiger partial charge < -0.3 is 16.0 Å².